The highest BCUT2D eigenvalue weighted by Gasteiger charge is 2.39. The number of carbonyl (C=O) groups excluding carboxylic acids is 2. The van der Waals surface area contributed by atoms with E-state index in [9.17, 15) is 9.59 Å². The smallest absolute Gasteiger partial charge is 0.429 e. The molecular weight excluding hydrogens is 403 g/mol. The van der Waals surface area contributed by atoms with Crippen LogP contribution in [-0.2, 0) is 16.1 Å². The molecule has 3 rings (SSSR count). The maximum Gasteiger partial charge on any atom is 0.515 e. The molecule has 2 aromatic rings. The molecule has 6 nitrogen and oxygen atoms in total. The molecule has 0 radical (unpaired) electrons. The van der Waals surface area contributed by atoms with Crippen LogP contribution < -0.4 is 0 Å². The van der Waals surface area contributed by atoms with E-state index >= 15 is 0 Å². The zero-order valence-electron chi connectivity index (χ0n) is 15.1. The minimum atomic E-state index is -0.991. The van der Waals surface area contributed by atoms with Gasteiger partial charge in [-0.05, 0) is 37.6 Å². The van der Waals surface area contributed by atoms with Crippen molar-refractivity contribution >= 4 is 35.1 Å². The van der Waals surface area contributed by atoms with Crippen LogP contribution >= 0.6 is 23.2 Å². The molecule has 0 saturated carbocycles. The van der Waals surface area contributed by atoms with Gasteiger partial charge in [-0.25, -0.2) is 4.79 Å². The highest BCUT2D eigenvalue weighted by Crippen LogP contribution is 2.36. The summed E-state index contributed by atoms with van der Waals surface area (Å²) >= 11 is 12.0. The molecule has 1 aliphatic rings. The Hall–Kier alpha value is -2.70. The van der Waals surface area contributed by atoms with E-state index in [2.05, 4.69) is 10.2 Å². The first-order valence-corrected chi connectivity index (χ1v) is 9.09. The number of carbonyl (C=O) groups is 2. The highest BCUT2D eigenvalue weighted by atomic mass is 35.5. The Balaban J connectivity index is 1.81. The maximum absolute atomic E-state index is 13.0. The third-order valence-corrected chi connectivity index (χ3v) is 4.55. The van der Waals surface area contributed by atoms with E-state index in [0.717, 1.165) is 5.56 Å². The Bertz CT molecular complexity index is 985. The van der Waals surface area contributed by atoms with Crippen molar-refractivity contribution in [1.29, 1.82) is 0 Å². The lowest BCUT2D eigenvalue weighted by Crippen LogP contribution is -2.25. The van der Waals surface area contributed by atoms with Crippen LogP contribution in [0.15, 0.2) is 70.2 Å². The minimum Gasteiger partial charge on any atom is -0.429 e. The first-order chi connectivity index (χ1) is 13.3. The summed E-state index contributed by atoms with van der Waals surface area (Å²) in [5.74, 6) is -0.665. The van der Waals surface area contributed by atoms with E-state index in [4.69, 9.17) is 32.7 Å². The molecule has 0 aromatic heterocycles. The topological polar surface area (TPSA) is 77.3 Å². The minimum absolute atomic E-state index is 0.0276. The number of rotatable bonds is 5. The fourth-order valence-electron chi connectivity index (χ4n) is 2.61. The summed E-state index contributed by atoms with van der Waals surface area (Å²) in [6.07, 6.45) is -0.983. The van der Waals surface area contributed by atoms with Gasteiger partial charge in [0.25, 0.3) is 5.88 Å². The Morgan fingerprint density at radius 2 is 1.79 bits per heavy atom. The van der Waals surface area contributed by atoms with Crippen LogP contribution in [0.3, 0.4) is 0 Å². The fraction of sp³-hybridized carbons (Fsp3) is 0.200. The summed E-state index contributed by atoms with van der Waals surface area (Å²) < 4.78 is 10.2. The molecule has 1 aliphatic heterocycles. The zero-order chi connectivity index (χ0) is 20.3. The molecule has 0 bridgehead atoms. The van der Waals surface area contributed by atoms with E-state index in [1.165, 1.54) is 12.1 Å². The van der Waals surface area contributed by atoms with Crippen molar-refractivity contribution in [2.75, 3.05) is 0 Å². The Labute approximate surface area is 171 Å². The number of benzene rings is 2. The lowest BCUT2D eigenvalue weighted by Gasteiger charge is -2.17. The molecule has 1 heterocycles. The van der Waals surface area contributed by atoms with E-state index < -0.39 is 17.5 Å². The SMILES string of the molecule is CC1(C)N=NC(OC(=O)OCc2ccccc2)=C1C(=O)c1ccc(Cl)cc1Cl. The van der Waals surface area contributed by atoms with Crippen molar-refractivity contribution in [2.45, 2.75) is 26.0 Å². The summed E-state index contributed by atoms with van der Waals surface area (Å²) in [6, 6.07) is 13.6. The predicted octanol–water partition coefficient (Wildman–Crippen LogP) is 5.99. The second kappa shape index (κ2) is 8.12. The number of azo groups is 1. The van der Waals surface area contributed by atoms with Gasteiger partial charge in [0.15, 0.2) is 5.78 Å². The molecular formula is C20H16Cl2N2O4. The molecule has 2 aromatic carbocycles. The second-order valence-corrected chi connectivity index (χ2v) is 7.36. The van der Waals surface area contributed by atoms with Crippen LogP contribution in [0.2, 0.25) is 10.0 Å². The van der Waals surface area contributed by atoms with Crippen molar-refractivity contribution in [3.05, 3.63) is 81.2 Å². The van der Waals surface area contributed by atoms with Crippen LogP contribution in [0.25, 0.3) is 0 Å². The van der Waals surface area contributed by atoms with Crippen molar-refractivity contribution < 1.29 is 19.1 Å². The Morgan fingerprint density at radius 1 is 1.07 bits per heavy atom. The number of Topliss-reactive ketones (excluding diaryl/α,β-unsaturated/α-hetero) is 1. The highest BCUT2D eigenvalue weighted by molar-refractivity contribution is 6.37. The lowest BCUT2D eigenvalue weighted by atomic mass is 9.89. The van der Waals surface area contributed by atoms with Crippen LogP contribution in [0, 0.1) is 0 Å². The number of ketones is 1. The quantitative estimate of drug-likeness (QED) is 0.441. The molecule has 0 aliphatic carbocycles. The molecule has 144 valence electrons. The normalized spacial score (nSPS) is 14.9. The average Bonchev–Trinajstić information content (AvgIpc) is 2.94. The molecule has 28 heavy (non-hydrogen) atoms. The van der Waals surface area contributed by atoms with E-state index in [1.54, 1.807) is 19.9 Å². The van der Waals surface area contributed by atoms with Gasteiger partial charge < -0.3 is 9.47 Å². The lowest BCUT2D eigenvalue weighted by molar-refractivity contribution is 0.0696. The Kier molecular flexibility index (Phi) is 5.82. The van der Waals surface area contributed by atoms with E-state index in [1.807, 2.05) is 30.3 Å². The van der Waals surface area contributed by atoms with Gasteiger partial charge in [-0.1, -0.05) is 53.5 Å². The fourth-order valence-corrected chi connectivity index (χ4v) is 3.11. The van der Waals surface area contributed by atoms with E-state index in [0.29, 0.717) is 5.02 Å². The summed E-state index contributed by atoms with van der Waals surface area (Å²) in [6.45, 7) is 3.39. The van der Waals surface area contributed by atoms with Gasteiger partial charge in [0.1, 0.15) is 12.1 Å². The molecule has 0 fully saturated rings. The third-order valence-electron chi connectivity index (χ3n) is 4.00. The van der Waals surface area contributed by atoms with Crippen molar-refractivity contribution in [1.82, 2.24) is 0 Å². The number of ether oxygens (including phenoxy) is 2. The standard InChI is InChI=1S/C20H16Cl2N2O4/c1-20(2)16(17(25)14-9-8-13(21)10-15(14)22)18(23-24-20)28-19(26)27-11-12-6-4-3-5-7-12/h3-10H,11H2,1-2H3. The Morgan fingerprint density at radius 3 is 2.46 bits per heavy atom. The van der Waals surface area contributed by atoms with Crippen LogP contribution in [0.4, 0.5) is 4.79 Å². The van der Waals surface area contributed by atoms with Gasteiger partial charge in [-0.2, -0.15) is 5.11 Å². The molecule has 0 atom stereocenters. The molecule has 0 unspecified atom stereocenters. The van der Waals surface area contributed by atoms with Gasteiger partial charge in [0.05, 0.1) is 10.6 Å². The molecule has 8 heteroatoms. The van der Waals surface area contributed by atoms with Gasteiger partial charge in [-0.3, -0.25) is 4.79 Å². The van der Waals surface area contributed by atoms with Crippen LogP contribution in [-0.4, -0.2) is 17.5 Å². The van der Waals surface area contributed by atoms with Gasteiger partial charge >= 0.3 is 6.16 Å². The number of nitrogens with zero attached hydrogens (tertiary/aromatic N) is 2. The van der Waals surface area contributed by atoms with Gasteiger partial charge in [0.2, 0.25) is 0 Å². The monoisotopic (exact) mass is 418 g/mol. The molecule has 0 spiro atoms. The molecule has 0 saturated heterocycles. The summed E-state index contributed by atoms with van der Waals surface area (Å²) in [4.78, 5) is 25.1. The van der Waals surface area contributed by atoms with Crippen molar-refractivity contribution in [3.63, 3.8) is 0 Å². The van der Waals surface area contributed by atoms with Crippen LogP contribution in [0.5, 0.6) is 0 Å². The first-order valence-electron chi connectivity index (χ1n) is 8.34. The molecule has 0 amide bonds. The predicted molar refractivity (Wildman–Crippen MR) is 104 cm³/mol. The molecule has 0 N–H and O–H groups in total. The second-order valence-electron chi connectivity index (χ2n) is 6.52. The van der Waals surface area contributed by atoms with Crippen LogP contribution in [0.1, 0.15) is 29.8 Å². The van der Waals surface area contributed by atoms with Crippen molar-refractivity contribution in [2.24, 2.45) is 10.2 Å². The van der Waals surface area contributed by atoms with Gasteiger partial charge in [0, 0.05) is 10.6 Å². The number of hydrogen-bond acceptors (Lipinski definition) is 6. The van der Waals surface area contributed by atoms with Gasteiger partial charge in [-0.15, -0.1) is 5.11 Å². The third kappa shape index (κ3) is 4.40. The summed E-state index contributed by atoms with van der Waals surface area (Å²) in [7, 11) is 0. The van der Waals surface area contributed by atoms with E-state index in [-0.39, 0.29) is 28.6 Å². The number of halogens is 2. The maximum atomic E-state index is 13.0. The largest absolute Gasteiger partial charge is 0.515 e. The number of hydrogen-bond donors (Lipinski definition) is 0. The van der Waals surface area contributed by atoms with Crippen molar-refractivity contribution in [3.8, 4) is 0 Å². The summed E-state index contributed by atoms with van der Waals surface area (Å²) in [5, 5.41) is 8.45. The average molecular weight is 419 g/mol. The first kappa shape index (κ1) is 20.0. The summed E-state index contributed by atoms with van der Waals surface area (Å²) in [5.41, 5.74) is 0.120. The zero-order valence-corrected chi connectivity index (χ0v) is 16.6.